The Morgan fingerprint density at radius 2 is 2.11 bits per heavy atom. The van der Waals surface area contributed by atoms with E-state index >= 15 is 0 Å². The molecule has 0 bridgehead atoms. The van der Waals surface area contributed by atoms with Gasteiger partial charge in [-0.3, -0.25) is 4.79 Å². The number of carboxylic acid groups (broad SMARTS) is 1. The van der Waals surface area contributed by atoms with Crippen molar-refractivity contribution < 1.29 is 14.7 Å². The summed E-state index contributed by atoms with van der Waals surface area (Å²) < 4.78 is 0. The van der Waals surface area contributed by atoms with Gasteiger partial charge in [-0.2, -0.15) is 0 Å². The lowest BCUT2D eigenvalue weighted by molar-refractivity contribution is -0.115. The van der Waals surface area contributed by atoms with Crippen molar-refractivity contribution in [2.24, 2.45) is 0 Å². The van der Waals surface area contributed by atoms with E-state index in [1.807, 2.05) is 0 Å². The van der Waals surface area contributed by atoms with Crippen LogP contribution < -0.4 is 5.32 Å². The fourth-order valence-corrected chi connectivity index (χ4v) is 3.56. The number of amides is 1. The molecule has 1 fully saturated rings. The summed E-state index contributed by atoms with van der Waals surface area (Å²) >= 11 is 13.3. The highest BCUT2D eigenvalue weighted by atomic mass is 35.5. The highest BCUT2D eigenvalue weighted by molar-refractivity contribution is 8.00. The van der Waals surface area contributed by atoms with Gasteiger partial charge in [0.1, 0.15) is 0 Å². The Morgan fingerprint density at radius 3 is 2.68 bits per heavy atom. The third-order valence-electron chi connectivity index (χ3n) is 2.76. The zero-order valence-electron chi connectivity index (χ0n) is 9.78. The normalized spacial score (nSPS) is 18.3. The van der Waals surface area contributed by atoms with Crippen LogP contribution in [0.5, 0.6) is 0 Å². The molecule has 7 heteroatoms. The first-order valence-corrected chi connectivity index (χ1v) is 7.44. The molecule has 1 unspecified atom stereocenters. The number of carboxylic acids is 1. The quantitative estimate of drug-likeness (QED) is 0.894. The molecule has 0 aliphatic carbocycles. The number of thioether (sulfide) groups is 1. The van der Waals surface area contributed by atoms with Gasteiger partial charge in [0.05, 0.1) is 21.5 Å². The van der Waals surface area contributed by atoms with Gasteiger partial charge in [-0.25, -0.2) is 4.79 Å². The number of benzene rings is 1. The van der Waals surface area contributed by atoms with E-state index in [0.717, 1.165) is 18.6 Å². The van der Waals surface area contributed by atoms with Crippen LogP contribution in [0.25, 0.3) is 0 Å². The van der Waals surface area contributed by atoms with Crippen LogP contribution in [0, 0.1) is 0 Å². The van der Waals surface area contributed by atoms with Crippen LogP contribution in [0.3, 0.4) is 0 Å². The van der Waals surface area contributed by atoms with Gasteiger partial charge in [0.25, 0.3) is 0 Å². The van der Waals surface area contributed by atoms with Gasteiger partial charge >= 0.3 is 5.97 Å². The zero-order chi connectivity index (χ0) is 14.0. The third-order valence-corrected chi connectivity index (χ3v) is 4.65. The summed E-state index contributed by atoms with van der Waals surface area (Å²) in [5, 5.41) is 11.9. The highest BCUT2D eigenvalue weighted by Gasteiger charge is 2.25. The number of carbonyl (C=O) groups excluding carboxylic acids is 1. The maximum Gasteiger partial charge on any atom is 0.337 e. The van der Waals surface area contributed by atoms with Crippen LogP contribution in [0.1, 0.15) is 23.2 Å². The van der Waals surface area contributed by atoms with Crippen molar-refractivity contribution in [3.8, 4) is 0 Å². The Balaban J connectivity index is 2.28. The van der Waals surface area contributed by atoms with Crippen molar-refractivity contribution in [1.82, 2.24) is 0 Å². The van der Waals surface area contributed by atoms with Gasteiger partial charge in [0, 0.05) is 5.02 Å². The molecule has 0 saturated carbocycles. The van der Waals surface area contributed by atoms with Crippen LogP contribution in [0.15, 0.2) is 12.1 Å². The Labute approximate surface area is 124 Å². The van der Waals surface area contributed by atoms with Crippen LogP contribution >= 0.6 is 35.0 Å². The molecule has 1 aliphatic rings. The molecule has 1 aliphatic heterocycles. The number of hydrogen-bond acceptors (Lipinski definition) is 3. The van der Waals surface area contributed by atoms with Gasteiger partial charge < -0.3 is 10.4 Å². The largest absolute Gasteiger partial charge is 0.478 e. The number of hydrogen-bond donors (Lipinski definition) is 2. The molecule has 0 radical (unpaired) electrons. The van der Waals surface area contributed by atoms with Gasteiger partial charge in [-0.1, -0.05) is 23.2 Å². The topological polar surface area (TPSA) is 66.4 Å². The minimum absolute atomic E-state index is 0.103. The smallest absolute Gasteiger partial charge is 0.337 e. The van der Waals surface area contributed by atoms with E-state index in [1.165, 1.54) is 12.1 Å². The number of carbonyl (C=O) groups is 2. The molecule has 2 rings (SSSR count). The van der Waals surface area contributed by atoms with E-state index < -0.39 is 5.97 Å². The SMILES string of the molecule is O=C(O)c1cc(Cl)cc(Cl)c1NC(=O)C1CCCS1. The predicted molar refractivity (Wildman–Crippen MR) is 77.5 cm³/mol. The van der Waals surface area contributed by atoms with Crippen molar-refractivity contribution in [2.45, 2.75) is 18.1 Å². The van der Waals surface area contributed by atoms with E-state index in [1.54, 1.807) is 11.8 Å². The molecule has 1 atom stereocenters. The van der Waals surface area contributed by atoms with Crippen LogP contribution in [0.4, 0.5) is 5.69 Å². The van der Waals surface area contributed by atoms with E-state index in [-0.39, 0.29) is 32.5 Å². The fraction of sp³-hybridized carbons (Fsp3) is 0.333. The fourth-order valence-electron chi connectivity index (χ4n) is 1.86. The van der Waals surface area contributed by atoms with Gasteiger partial charge in [0.2, 0.25) is 5.91 Å². The van der Waals surface area contributed by atoms with Crippen molar-refractivity contribution in [3.05, 3.63) is 27.7 Å². The molecular formula is C12H11Cl2NO3S. The van der Waals surface area contributed by atoms with Gasteiger partial charge in [-0.05, 0) is 30.7 Å². The molecule has 1 amide bonds. The van der Waals surface area contributed by atoms with Crippen molar-refractivity contribution in [2.75, 3.05) is 11.1 Å². The molecule has 1 aromatic carbocycles. The van der Waals surface area contributed by atoms with Crippen molar-refractivity contribution in [3.63, 3.8) is 0 Å². The molecular weight excluding hydrogens is 309 g/mol. The average Bonchev–Trinajstić information content (AvgIpc) is 2.85. The molecule has 1 heterocycles. The van der Waals surface area contributed by atoms with E-state index in [9.17, 15) is 9.59 Å². The number of halogens is 2. The minimum atomic E-state index is -1.18. The first kappa shape index (κ1) is 14.5. The molecule has 1 saturated heterocycles. The summed E-state index contributed by atoms with van der Waals surface area (Å²) in [6.07, 6.45) is 1.78. The molecule has 102 valence electrons. The molecule has 1 aromatic rings. The van der Waals surface area contributed by atoms with E-state index in [0.29, 0.717) is 0 Å². The lowest BCUT2D eigenvalue weighted by atomic mass is 10.1. The summed E-state index contributed by atoms with van der Waals surface area (Å²) in [7, 11) is 0. The maximum absolute atomic E-state index is 12.0. The standard InChI is InChI=1S/C12H11Cl2NO3S/c13-6-4-7(12(17)18)10(8(14)5-6)15-11(16)9-2-1-3-19-9/h4-5,9H,1-3H2,(H,15,16)(H,17,18). The lowest BCUT2D eigenvalue weighted by Gasteiger charge is -2.13. The number of rotatable bonds is 3. The molecule has 0 aromatic heterocycles. The van der Waals surface area contributed by atoms with E-state index in [2.05, 4.69) is 5.32 Å². The van der Waals surface area contributed by atoms with Crippen molar-refractivity contribution in [1.29, 1.82) is 0 Å². The Kier molecular flexibility index (Phi) is 4.60. The zero-order valence-corrected chi connectivity index (χ0v) is 12.1. The first-order chi connectivity index (χ1) is 8.99. The summed E-state index contributed by atoms with van der Waals surface area (Å²) in [5.74, 6) is -0.453. The molecule has 2 N–H and O–H groups in total. The minimum Gasteiger partial charge on any atom is -0.478 e. The van der Waals surface area contributed by atoms with Crippen LogP contribution in [-0.4, -0.2) is 28.0 Å². The van der Waals surface area contributed by atoms with Crippen LogP contribution in [-0.2, 0) is 4.79 Å². The molecule has 0 spiro atoms. The van der Waals surface area contributed by atoms with Crippen molar-refractivity contribution >= 4 is 52.5 Å². The Morgan fingerprint density at radius 1 is 1.37 bits per heavy atom. The molecule has 4 nitrogen and oxygen atoms in total. The number of aromatic carboxylic acids is 1. The second-order valence-corrected chi connectivity index (χ2v) is 6.26. The van der Waals surface area contributed by atoms with E-state index in [4.69, 9.17) is 28.3 Å². The van der Waals surface area contributed by atoms with Gasteiger partial charge in [-0.15, -0.1) is 11.8 Å². The maximum atomic E-state index is 12.0. The lowest BCUT2D eigenvalue weighted by Crippen LogP contribution is -2.24. The van der Waals surface area contributed by atoms with Gasteiger partial charge in [0.15, 0.2) is 0 Å². The molecule has 19 heavy (non-hydrogen) atoms. The monoisotopic (exact) mass is 319 g/mol. The summed E-state index contributed by atoms with van der Waals surface area (Å²) in [6.45, 7) is 0. The number of nitrogens with one attached hydrogen (secondary N) is 1. The third kappa shape index (κ3) is 3.35. The first-order valence-electron chi connectivity index (χ1n) is 5.64. The Bertz CT molecular complexity index is 530. The van der Waals surface area contributed by atoms with Crippen LogP contribution in [0.2, 0.25) is 10.0 Å². The predicted octanol–water partition coefficient (Wildman–Crippen LogP) is 3.53. The highest BCUT2D eigenvalue weighted by Crippen LogP contribution is 2.32. The average molecular weight is 320 g/mol. The number of anilines is 1. The second kappa shape index (κ2) is 6.03. The summed E-state index contributed by atoms with van der Waals surface area (Å²) in [5.41, 5.74) is 0.00455. The summed E-state index contributed by atoms with van der Waals surface area (Å²) in [4.78, 5) is 23.2. The second-order valence-electron chi connectivity index (χ2n) is 4.11. The Hall–Kier alpha value is -0.910. The summed E-state index contributed by atoms with van der Waals surface area (Å²) in [6, 6.07) is 2.68.